The van der Waals surface area contributed by atoms with E-state index in [4.69, 9.17) is 4.52 Å². The van der Waals surface area contributed by atoms with Crippen LogP contribution in [0.1, 0.15) is 57.9 Å². The number of rotatable bonds is 5. The molecule has 0 spiro atoms. The molecule has 1 fully saturated rings. The van der Waals surface area contributed by atoms with E-state index in [2.05, 4.69) is 15.5 Å². The lowest BCUT2D eigenvalue weighted by Crippen LogP contribution is -2.32. The fourth-order valence-electron chi connectivity index (χ4n) is 3.58. The Hall–Kier alpha value is -3.22. The second-order valence-electron chi connectivity index (χ2n) is 7.06. The first kappa shape index (κ1) is 18.2. The Labute approximate surface area is 161 Å². The van der Waals surface area contributed by atoms with Crippen LogP contribution in [0.2, 0.25) is 0 Å². The number of halogens is 1. The van der Waals surface area contributed by atoms with E-state index in [1.807, 2.05) is 0 Å². The van der Waals surface area contributed by atoms with Crippen molar-refractivity contribution in [2.75, 3.05) is 0 Å². The Balaban J connectivity index is 1.59. The minimum Gasteiger partial charge on any atom is -0.360 e. The fraction of sp³-hybridized carbons (Fsp3) is 0.286. The van der Waals surface area contributed by atoms with Crippen molar-refractivity contribution in [1.29, 1.82) is 0 Å². The fourth-order valence-corrected chi connectivity index (χ4v) is 3.58. The zero-order valence-corrected chi connectivity index (χ0v) is 15.4. The molecule has 0 bridgehead atoms. The number of H-pyrrole nitrogens is 1. The molecule has 1 aliphatic rings. The number of hydrogen-bond donors (Lipinski definition) is 2. The lowest BCUT2D eigenvalue weighted by atomic mass is 9.99. The average Bonchev–Trinajstić information content (AvgIpc) is 3.42. The summed E-state index contributed by atoms with van der Waals surface area (Å²) in [5.41, 5.74) is 1.91. The van der Waals surface area contributed by atoms with Crippen LogP contribution in [0, 0.1) is 12.7 Å². The molecule has 7 heteroatoms. The second-order valence-corrected chi connectivity index (χ2v) is 7.06. The van der Waals surface area contributed by atoms with Crippen molar-refractivity contribution in [2.24, 2.45) is 0 Å². The van der Waals surface area contributed by atoms with Gasteiger partial charge in [-0.2, -0.15) is 0 Å². The van der Waals surface area contributed by atoms with Gasteiger partial charge in [0.25, 0.3) is 5.91 Å². The Morgan fingerprint density at radius 2 is 1.93 bits per heavy atom. The third kappa shape index (κ3) is 3.47. The molecule has 3 aromatic rings. The number of ketones is 1. The van der Waals surface area contributed by atoms with Gasteiger partial charge >= 0.3 is 0 Å². The Morgan fingerprint density at radius 1 is 1.21 bits per heavy atom. The van der Waals surface area contributed by atoms with Gasteiger partial charge in [0.05, 0.1) is 5.56 Å². The lowest BCUT2D eigenvalue weighted by molar-refractivity contribution is 0.0933. The summed E-state index contributed by atoms with van der Waals surface area (Å²) in [6.07, 6.45) is 5.72. The summed E-state index contributed by atoms with van der Waals surface area (Å²) >= 11 is 0. The zero-order valence-electron chi connectivity index (χ0n) is 15.4. The topological polar surface area (TPSA) is 88.0 Å². The molecular formula is C21H20FN3O3. The number of amides is 1. The molecule has 0 saturated heterocycles. The quantitative estimate of drug-likeness (QED) is 0.654. The predicted molar refractivity (Wildman–Crippen MR) is 101 cm³/mol. The van der Waals surface area contributed by atoms with Crippen molar-refractivity contribution >= 4 is 11.7 Å². The van der Waals surface area contributed by atoms with Crippen molar-refractivity contribution in [3.8, 4) is 11.3 Å². The van der Waals surface area contributed by atoms with E-state index < -0.39 is 0 Å². The minimum absolute atomic E-state index is 0.195. The van der Waals surface area contributed by atoms with Gasteiger partial charge < -0.3 is 14.8 Å². The van der Waals surface area contributed by atoms with Crippen molar-refractivity contribution in [3.05, 3.63) is 64.9 Å². The number of carbonyl (C=O) groups excluding carboxylic acids is 2. The standard InChI is InChI=1S/C21H20FN3O3/c1-12-18(19(25-28-12)13-6-8-15(22)9-7-13)20(26)14-10-17(23-11-14)21(27)24-16-4-2-3-5-16/h6-11,16,23H,2-5H2,1H3,(H,24,27). The summed E-state index contributed by atoms with van der Waals surface area (Å²) in [6, 6.07) is 7.42. The molecule has 0 unspecified atom stereocenters. The predicted octanol–water partition coefficient (Wildman–Crippen LogP) is 4.02. The van der Waals surface area contributed by atoms with E-state index in [-0.39, 0.29) is 23.5 Å². The third-order valence-electron chi connectivity index (χ3n) is 5.09. The van der Waals surface area contributed by atoms with Gasteiger partial charge in [-0.1, -0.05) is 18.0 Å². The molecule has 6 nitrogen and oxygen atoms in total. The van der Waals surface area contributed by atoms with Gasteiger partial charge in [-0.3, -0.25) is 9.59 Å². The zero-order chi connectivity index (χ0) is 19.7. The van der Waals surface area contributed by atoms with Gasteiger partial charge in [0, 0.05) is 23.4 Å². The van der Waals surface area contributed by atoms with Crippen LogP contribution < -0.4 is 5.32 Å². The Kier molecular flexibility index (Phi) is 4.81. The number of benzene rings is 1. The molecule has 2 heterocycles. The van der Waals surface area contributed by atoms with Crippen molar-refractivity contribution in [2.45, 2.75) is 38.6 Å². The van der Waals surface area contributed by atoms with E-state index in [1.165, 1.54) is 24.4 Å². The molecule has 1 aromatic carbocycles. The van der Waals surface area contributed by atoms with E-state index in [0.29, 0.717) is 33.8 Å². The third-order valence-corrected chi connectivity index (χ3v) is 5.09. The van der Waals surface area contributed by atoms with Crippen molar-refractivity contribution in [3.63, 3.8) is 0 Å². The molecule has 28 heavy (non-hydrogen) atoms. The average molecular weight is 381 g/mol. The summed E-state index contributed by atoms with van der Waals surface area (Å²) in [7, 11) is 0. The highest BCUT2D eigenvalue weighted by atomic mass is 19.1. The molecule has 0 radical (unpaired) electrons. The largest absolute Gasteiger partial charge is 0.360 e. The molecule has 2 aromatic heterocycles. The summed E-state index contributed by atoms with van der Waals surface area (Å²) in [6.45, 7) is 1.65. The van der Waals surface area contributed by atoms with Crippen molar-refractivity contribution in [1.82, 2.24) is 15.5 Å². The lowest BCUT2D eigenvalue weighted by Gasteiger charge is -2.10. The summed E-state index contributed by atoms with van der Waals surface area (Å²) in [5.74, 6) is -0.538. The first-order valence-electron chi connectivity index (χ1n) is 9.29. The number of aromatic amines is 1. The monoisotopic (exact) mass is 381 g/mol. The molecule has 0 atom stereocenters. The molecule has 4 rings (SSSR count). The molecular weight excluding hydrogens is 361 g/mol. The van der Waals surface area contributed by atoms with Crippen LogP contribution in [0.25, 0.3) is 11.3 Å². The van der Waals surface area contributed by atoms with E-state index in [1.54, 1.807) is 19.1 Å². The van der Waals surface area contributed by atoms with Gasteiger partial charge in [-0.05, 0) is 50.1 Å². The van der Waals surface area contributed by atoms with Crippen LogP contribution in [-0.4, -0.2) is 27.9 Å². The highest BCUT2D eigenvalue weighted by Gasteiger charge is 2.25. The van der Waals surface area contributed by atoms with Crippen LogP contribution in [0.3, 0.4) is 0 Å². The van der Waals surface area contributed by atoms with E-state index >= 15 is 0 Å². The molecule has 2 N–H and O–H groups in total. The van der Waals surface area contributed by atoms with Crippen LogP contribution in [0.4, 0.5) is 4.39 Å². The van der Waals surface area contributed by atoms with Crippen LogP contribution in [0.5, 0.6) is 0 Å². The molecule has 1 saturated carbocycles. The van der Waals surface area contributed by atoms with Crippen LogP contribution >= 0.6 is 0 Å². The maximum absolute atomic E-state index is 13.2. The maximum Gasteiger partial charge on any atom is 0.267 e. The van der Waals surface area contributed by atoms with Gasteiger partial charge in [-0.25, -0.2) is 4.39 Å². The number of nitrogens with zero attached hydrogens (tertiary/aromatic N) is 1. The highest BCUT2D eigenvalue weighted by molar-refractivity contribution is 6.13. The number of hydrogen-bond acceptors (Lipinski definition) is 4. The highest BCUT2D eigenvalue weighted by Crippen LogP contribution is 2.28. The van der Waals surface area contributed by atoms with Crippen molar-refractivity contribution < 1.29 is 18.5 Å². The summed E-state index contributed by atoms with van der Waals surface area (Å²) < 4.78 is 18.4. The molecule has 144 valence electrons. The molecule has 1 aliphatic carbocycles. The first-order chi connectivity index (χ1) is 13.5. The maximum atomic E-state index is 13.2. The SMILES string of the molecule is Cc1onc(-c2ccc(F)cc2)c1C(=O)c1c[nH]c(C(=O)NC2CCCC2)c1. The summed E-state index contributed by atoms with van der Waals surface area (Å²) in [5, 5.41) is 6.95. The minimum atomic E-state index is -0.375. The first-order valence-corrected chi connectivity index (χ1v) is 9.29. The number of aryl methyl sites for hydroxylation is 1. The van der Waals surface area contributed by atoms with Gasteiger partial charge in [-0.15, -0.1) is 0 Å². The van der Waals surface area contributed by atoms with Gasteiger partial charge in [0.2, 0.25) is 0 Å². The van der Waals surface area contributed by atoms with E-state index in [0.717, 1.165) is 25.7 Å². The molecule has 0 aliphatic heterocycles. The van der Waals surface area contributed by atoms with Gasteiger partial charge in [0.15, 0.2) is 5.78 Å². The van der Waals surface area contributed by atoms with Gasteiger partial charge in [0.1, 0.15) is 23.0 Å². The number of nitrogens with one attached hydrogen (secondary N) is 2. The Bertz CT molecular complexity index is 1010. The second kappa shape index (κ2) is 7.42. The smallest absolute Gasteiger partial charge is 0.267 e. The normalized spacial score (nSPS) is 14.4. The number of aromatic nitrogens is 2. The van der Waals surface area contributed by atoms with Crippen LogP contribution in [0.15, 0.2) is 41.1 Å². The summed E-state index contributed by atoms with van der Waals surface area (Å²) in [4.78, 5) is 28.3. The van der Waals surface area contributed by atoms with E-state index in [9.17, 15) is 14.0 Å². The van der Waals surface area contributed by atoms with Crippen LogP contribution in [-0.2, 0) is 0 Å². The Morgan fingerprint density at radius 3 is 2.64 bits per heavy atom. The molecule has 1 amide bonds. The number of carbonyl (C=O) groups is 2.